The molecule has 0 saturated carbocycles. The van der Waals surface area contributed by atoms with Crippen LogP contribution in [0.5, 0.6) is 0 Å². The third-order valence-electron chi connectivity index (χ3n) is 2.66. The number of halogens is 1. The van der Waals surface area contributed by atoms with Crippen molar-refractivity contribution in [1.82, 2.24) is 5.32 Å². The Balaban J connectivity index is 2.83. The zero-order valence-corrected chi connectivity index (χ0v) is 14.1. The van der Waals surface area contributed by atoms with Crippen LogP contribution >= 0.6 is 0 Å². The quantitative estimate of drug-likeness (QED) is 0.808. The van der Waals surface area contributed by atoms with E-state index in [4.69, 9.17) is 0 Å². The summed E-state index contributed by atoms with van der Waals surface area (Å²) in [5.41, 5.74) is 0. The van der Waals surface area contributed by atoms with Crippen LogP contribution in [0.15, 0.2) is 46.0 Å². The third-order valence-corrected chi connectivity index (χ3v) is 5.44. The highest BCUT2D eigenvalue weighted by molar-refractivity contribution is 7.91. The monoisotopic (exact) mass is 365 g/mol. The molecule has 0 aliphatic carbocycles. The average molecular weight is 365 g/mol. The first-order valence-electron chi connectivity index (χ1n) is 6.28. The van der Waals surface area contributed by atoms with Crippen molar-refractivity contribution < 1.29 is 30.8 Å². The number of carbonyl (C=O) groups excluding carboxylic acids is 1. The van der Waals surface area contributed by atoms with Gasteiger partial charge < -0.3 is 10.1 Å². The summed E-state index contributed by atoms with van der Waals surface area (Å²) in [7, 11) is -6.09. The second-order valence-corrected chi connectivity index (χ2v) is 8.51. The Morgan fingerprint density at radius 2 is 1.70 bits per heavy atom. The molecule has 10 heteroatoms. The van der Waals surface area contributed by atoms with E-state index >= 15 is 0 Å². The molecule has 1 aromatic rings. The maximum Gasteiger partial charge on any atom is 0.407 e. The number of ether oxygens (including phenoxy) is 1. The predicted molar refractivity (Wildman–Crippen MR) is 81.2 cm³/mol. The lowest BCUT2D eigenvalue weighted by Crippen LogP contribution is -2.19. The largest absolute Gasteiger partial charge is 0.445 e. The lowest BCUT2D eigenvalue weighted by atomic mass is 10.4. The highest BCUT2D eigenvalue weighted by atomic mass is 32.2. The minimum Gasteiger partial charge on any atom is -0.445 e. The highest BCUT2D eigenvalue weighted by Crippen LogP contribution is 2.17. The zero-order chi connectivity index (χ0) is 17.7. The molecule has 1 aromatic carbocycles. The van der Waals surface area contributed by atoms with E-state index < -0.39 is 44.0 Å². The fourth-order valence-corrected chi connectivity index (χ4v) is 3.33. The van der Waals surface area contributed by atoms with Gasteiger partial charge in [0.05, 0.1) is 9.79 Å². The number of benzene rings is 1. The van der Waals surface area contributed by atoms with Gasteiger partial charge in [-0.1, -0.05) is 0 Å². The van der Waals surface area contributed by atoms with E-state index in [0.29, 0.717) is 0 Å². The van der Waals surface area contributed by atoms with Crippen LogP contribution in [0.25, 0.3) is 0 Å². The van der Waals surface area contributed by atoms with Crippen molar-refractivity contribution in [2.45, 2.75) is 9.79 Å². The van der Waals surface area contributed by atoms with Crippen LogP contribution in [0.2, 0.25) is 0 Å². The van der Waals surface area contributed by atoms with Crippen LogP contribution in [0.4, 0.5) is 9.18 Å². The summed E-state index contributed by atoms with van der Waals surface area (Å²) in [4.78, 5) is 10.5. The van der Waals surface area contributed by atoms with Gasteiger partial charge in [0.25, 0.3) is 0 Å². The van der Waals surface area contributed by atoms with Crippen molar-refractivity contribution in [2.24, 2.45) is 0 Å². The Labute approximate surface area is 134 Å². The number of nitrogens with one attached hydrogen (secondary N) is 1. The Hall–Kier alpha value is -1.94. The molecule has 0 saturated heterocycles. The summed E-state index contributed by atoms with van der Waals surface area (Å²) in [5.74, 6) is -1.90. The van der Waals surface area contributed by atoms with Crippen LogP contribution in [-0.4, -0.2) is 48.6 Å². The van der Waals surface area contributed by atoms with Gasteiger partial charge in [-0.2, -0.15) is 0 Å². The van der Waals surface area contributed by atoms with Crippen molar-refractivity contribution >= 4 is 25.8 Å². The normalized spacial score (nSPS) is 12.7. The van der Waals surface area contributed by atoms with E-state index in [0.717, 1.165) is 36.6 Å². The first-order valence-corrected chi connectivity index (χ1v) is 9.82. The lowest BCUT2D eigenvalue weighted by molar-refractivity contribution is 0.160. The molecule has 7 nitrogen and oxygen atoms in total. The molecule has 0 aromatic heterocycles. The molecule has 1 amide bonds. The second-order valence-electron chi connectivity index (χ2n) is 4.50. The second kappa shape index (κ2) is 7.55. The molecule has 0 atom stereocenters. The van der Waals surface area contributed by atoms with E-state index in [9.17, 15) is 26.0 Å². The van der Waals surface area contributed by atoms with Gasteiger partial charge in [0.15, 0.2) is 19.7 Å². The molecule has 1 N–H and O–H groups in total. The van der Waals surface area contributed by atoms with Crippen LogP contribution < -0.4 is 5.32 Å². The summed E-state index contributed by atoms with van der Waals surface area (Å²) >= 11 is 0. The number of sulfone groups is 2. The molecule has 1 rings (SSSR count). The molecule has 0 fully saturated rings. The molecular weight excluding hydrogens is 349 g/mol. The van der Waals surface area contributed by atoms with Crippen molar-refractivity contribution in [3.63, 3.8) is 0 Å². The molecule has 0 aliphatic rings. The standard InChI is InChI=1S/C13H16FNO6S2/c1-15-13(16)21-8-7-10(14)9-23(19,20)12-5-3-11(4-6-12)22(2,17)18/h3-7H,8-9H2,1-2H3,(H,15,16)/b10-7-. The SMILES string of the molecule is CNC(=O)OC/C=C(\F)CS(=O)(=O)c1ccc(S(C)(=O)=O)cc1. The molecule has 0 aliphatic heterocycles. The van der Waals surface area contributed by atoms with Crippen molar-refractivity contribution in [3.8, 4) is 0 Å². The summed E-state index contributed by atoms with van der Waals surface area (Å²) in [6.45, 7) is -0.409. The van der Waals surface area contributed by atoms with Crippen LogP contribution in [0.1, 0.15) is 0 Å². The summed E-state index contributed by atoms with van der Waals surface area (Å²) in [5, 5.41) is 2.15. The van der Waals surface area contributed by atoms with E-state index in [1.165, 1.54) is 7.05 Å². The minimum atomic E-state index is -3.97. The van der Waals surface area contributed by atoms with Crippen LogP contribution in [0.3, 0.4) is 0 Å². The van der Waals surface area contributed by atoms with Gasteiger partial charge in [-0.25, -0.2) is 26.0 Å². The molecule has 0 heterocycles. The van der Waals surface area contributed by atoms with E-state index in [1.54, 1.807) is 0 Å². The Kier molecular flexibility index (Phi) is 6.28. The summed E-state index contributed by atoms with van der Waals surface area (Å²) in [6, 6.07) is 4.47. The van der Waals surface area contributed by atoms with Crippen LogP contribution in [-0.2, 0) is 24.4 Å². The molecule has 0 bridgehead atoms. The molecule has 0 unspecified atom stereocenters. The van der Waals surface area contributed by atoms with Gasteiger partial charge in [0.2, 0.25) is 0 Å². The fraction of sp³-hybridized carbons (Fsp3) is 0.308. The maximum absolute atomic E-state index is 13.6. The average Bonchev–Trinajstić information content (AvgIpc) is 2.45. The van der Waals surface area contributed by atoms with Crippen LogP contribution in [0, 0.1) is 0 Å². The Bertz CT molecular complexity index is 797. The van der Waals surface area contributed by atoms with Crippen molar-refractivity contribution in [3.05, 3.63) is 36.2 Å². The van der Waals surface area contributed by atoms with Gasteiger partial charge in [0, 0.05) is 13.3 Å². The maximum atomic E-state index is 13.6. The number of rotatable bonds is 6. The Morgan fingerprint density at radius 3 is 2.17 bits per heavy atom. The lowest BCUT2D eigenvalue weighted by Gasteiger charge is -2.05. The molecule has 128 valence electrons. The number of hydrogen-bond donors (Lipinski definition) is 1. The van der Waals surface area contributed by atoms with Gasteiger partial charge >= 0.3 is 6.09 Å². The van der Waals surface area contributed by atoms with Gasteiger partial charge in [0.1, 0.15) is 18.2 Å². The van der Waals surface area contributed by atoms with Gasteiger partial charge in [-0.15, -0.1) is 0 Å². The molecule has 0 radical (unpaired) electrons. The first kappa shape index (κ1) is 19.1. The van der Waals surface area contributed by atoms with Crippen molar-refractivity contribution in [2.75, 3.05) is 25.7 Å². The number of amides is 1. The number of carbonyl (C=O) groups is 1. The summed E-state index contributed by atoms with van der Waals surface area (Å²) < 4.78 is 64.7. The topological polar surface area (TPSA) is 107 Å². The number of alkyl carbamates (subject to hydrolysis) is 1. The highest BCUT2D eigenvalue weighted by Gasteiger charge is 2.18. The minimum absolute atomic E-state index is 0.0357. The first-order chi connectivity index (χ1) is 10.6. The fourth-order valence-electron chi connectivity index (χ4n) is 1.50. The van der Waals surface area contributed by atoms with Crippen molar-refractivity contribution in [1.29, 1.82) is 0 Å². The number of hydrogen-bond acceptors (Lipinski definition) is 6. The Morgan fingerprint density at radius 1 is 1.17 bits per heavy atom. The van der Waals surface area contributed by atoms with E-state index in [1.807, 2.05) is 0 Å². The molecule has 23 heavy (non-hydrogen) atoms. The zero-order valence-electron chi connectivity index (χ0n) is 12.4. The predicted octanol–water partition coefficient (Wildman–Crippen LogP) is 1.07. The van der Waals surface area contributed by atoms with Gasteiger partial charge in [-0.05, 0) is 30.3 Å². The molecular formula is C13H16FNO6S2. The third kappa shape index (κ3) is 5.99. The van der Waals surface area contributed by atoms with Gasteiger partial charge in [-0.3, -0.25) is 0 Å². The van der Waals surface area contributed by atoms with E-state index in [2.05, 4.69) is 10.1 Å². The smallest absolute Gasteiger partial charge is 0.407 e. The molecule has 0 spiro atoms. The summed E-state index contributed by atoms with van der Waals surface area (Å²) in [6.07, 6.45) is 1.05. The van der Waals surface area contributed by atoms with E-state index in [-0.39, 0.29) is 9.79 Å².